The van der Waals surface area contributed by atoms with E-state index >= 15 is 0 Å². The van der Waals surface area contributed by atoms with E-state index in [1.165, 1.54) is 24.5 Å². The van der Waals surface area contributed by atoms with E-state index in [0.29, 0.717) is 0 Å². The molecule has 0 spiro atoms. The van der Waals surface area contributed by atoms with Gasteiger partial charge in [0.05, 0.1) is 0 Å². The Morgan fingerprint density at radius 3 is 2.48 bits per heavy atom. The van der Waals surface area contributed by atoms with E-state index in [9.17, 15) is 4.39 Å². The Bertz CT molecular complexity index is 475. The Morgan fingerprint density at radius 1 is 1.29 bits per heavy atom. The van der Waals surface area contributed by atoms with Crippen LogP contribution in [0.4, 0.5) is 9.18 Å². The molecule has 1 rings (SSSR count). The van der Waals surface area contributed by atoms with Crippen molar-refractivity contribution in [2.75, 3.05) is 0 Å². The molecule has 0 fully saturated rings. The van der Waals surface area contributed by atoms with Gasteiger partial charge in [0.15, 0.2) is 0 Å². The van der Waals surface area contributed by atoms with Gasteiger partial charge in [-0.15, -0.1) is 0 Å². The first-order chi connectivity index (χ1) is 10.0. The average Bonchev–Trinajstić information content (AvgIpc) is 2.42. The van der Waals surface area contributed by atoms with Crippen LogP contribution in [0.15, 0.2) is 42.5 Å². The zero-order chi connectivity index (χ0) is 16.1. The second kappa shape index (κ2) is 11.7. The Hall–Kier alpha value is -2.10. The van der Waals surface area contributed by atoms with E-state index in [2.05, 4.69) is 13.0 Å². The molecule has 0 radical (unpaired) electrons. The summed E-state index contributed by atoms with van der Waals surface area (Å²) in [6.07, 6.45) is 8.89. The van der Waals surface area contributed by atoms with Crippen LogP contribution < -0.4 is 0 Å². The van der Waals surface area contributed by atoms with Gasteiger partial charge in [0, 0.05) is 0 Å². The molecule has 0 atom stereocenters. The van der Waals surface area contributed by atoms with Crippen LogP contribution in [0.25, 0.3) is 5.57 Å². The zero-order valence-corrected chi connectivity index (χ0v) is 12.6. The summed E-state index contributed by atoms with van der Waals surface area (Å²) in [5.74, 6) is -0.163. The van der Waals surface area contributed by atoms with Gasteiger partial charge >= 0.3 is 6.16 Å². The van der Waals surface area contributed by atoms with E-state index in [0.717, 1.165) is 18.4 Å². The summed E-state index contributed by atoms with van der Waals surface area (Å²) < 4.78 is 13.2. The van der Waals surface area contributed by atoms with E-state index < -0.39 is 6.16 Å². The quantitative estimate of drug-likeness (QED) is 0.531. The third kappa shape index (κ3) is 10.4. The number of carbonyl (C=O) groups is 1. The zero-order valence-electron chi connectivity index (χ0n) is 12.6. The largest absolute Gasteiger partial charge is 0.503 e. The van der Waals surface area contributed by atoms with Crippen molar-refractivity contribution in [3.8, 4) is 0 Å². The molecule has 0 saturated heterocycles. The highest BCUT2D eigenvalue weighted by molar-refractivity contribution is 5.67. The molecule has 116 valence electrons. The maximum atomic E-state index is 13.2. The van der Waals surface area contributed by atoms with Crippen molar-refractivity contribution >= 4 is 11.7 Å². The van der Waals surface area contributed by atoms with Gasteiger partial charge in [-0.25, -0.2) is 9.18 Å². The maximum absolute atomic E-state index is 13.2. The molecule has 0 amide bonds. The van der Waals surface area contributed by atoms with Crippen LogP contribution in [0.3, 0.4) is 0 Å². The Kier molecular flexibility index (Phi) is 10.5. The van der Waals surface area contributed by atoms with Gasteiger partial charge in [-0.2, -0.15) is 0 Å². The number of hydrogen-bond acceptors (Lipinski definition) is 1. The first-order valence-corrected chi connectivity index (χ1v) is 7.01. The second-order valence-electron chi connectivity index (χ2n) is 4.47. The fourth-order valence-corrected chi connectivity index (χ4v) is 1.79. The second-order valence-corrected chi connectivity index (χ2v) is 4.47. The Morgan fingerprint density at radius 2 is 1.95 bits per heavy atom. The minimum Gasteiger partial charge on any atom is -0.450 e. The lowest BCUT2D eigenvalue weighted by Gasteiger charge is -2.07. The van der Waals surface area contributed by atoms with Gasteiger partial charge in [-0.1, -0.05) is 50.1 Å². The van der Waals surface area contributed by atoms with Gasteiger partial charge in [0.2, 0.25) is 0 Å². The smallest absolute Gasteiger partial charge is 0.450 e. The van der Waals surface area contributed by atoms with Crippen molar-refractivity contribution in [3.63, 3.8) is 0 Å². The summed E-state index contributed by atoms with van der Waals surface area (Å²) in [5, 5.41) is 13.9. The van der Waals surface area contributed by atoms with Crippen LogP contribution in [0, 0.1) is 5.82 Å². The molecule has 4 heteroatoms. The minimum atomic E-state index is -1.83. The highest BCUT2D eigenvalue weighted by Gasteiger charge is 2.02. The summed E-state index contributed by atoms with van der Waals surface area (Å²) in [5.41, 5.74) is 2.22. The fourth-order valence-electron chi connectivity index (χ4n) is 1.79. The molecule has 21 heavy (non-hydrogen) atoms. The lowest BCUT2D eigenvalue weighted by atomic mass is 9.99. The number of rotatable bonds is 6. The standard InChI is InChI=1S/C16H21F.CH2O3/c1-3-5-7-10-14(9-6-4-2)15-11-8-12-16(17)13-15;2-1(3)4/h4,6,8-9,11-13H,3,5,7,10H2,1-2H3;(H2,2,3,4)/b6-4+,14-9-;. The molecule has 2 N–H and O–H groups in total. The molecule has 0 bridgehead atoms. The molecule has 0 unspecified atom stereocenters. The predicted molar refractivity (Wildman–Crippen MR) is 84.0 cm³/mol. The third-order valence-electron chi connectivity index (χ3n) is 2.73. The average molecular weight is 294 g/mol. The SMILES string of the molecule is C/C=C/C=C(/CCCCC)c1cccc(F)c1.O=C(O)O. The van der Waals surface area contributed by atoms with Crippen molar-refractivity contribution in [2.24, 2.45) is 0 Å². The topological polar surface area (TPSA) is 57.5 Å². The minimum absolute atomic E-state index is 0.163. The van der Waals surface area contributed by atoms with Gasteiger partial charge in [0.25, 0.3) is 0 Å². The molecule has 0 saturated carbocycles. The first kappa shape index (κ1) is 18.9. The van der Waals surface area contributed by atoms with Crippen LogP contribution in [0.1, 0.15) is 45.1 Å². The molecule has 3 nitrogen and oxygen atoms in total. The Labute approximate surface area is 125 Å². The monoisotopic (exact) mass is 294 g/mol. The number of benzene rings is 1. The normalized spacial score (nSPS) is 11.1. The van der Waals surface area contributed by atoms with Crippen molar-refractivity contribution < 1.29 is 19.4 Å². The van der Waals surface area contributed by atoms with E-state index in [1.807, 2.05) is 25.1 Å². The summed E-state index contributed by atoms with van der Waals surface area (Å²) in [7, 11) is 0. The van der Waals surface area contributed by atoms with Crippen LogP contribution in [-0.4, -0.2) is 16.4 Å². The summed E-state index contributed by atoms with van der Waals surface area (Å²) >= 11 is 0. The van der Waals surface area contributed by atoms with Crippen molar-refractivity contribution in [3.05, 3.63) is 53.9 Å². The molecular formula is C17H23FO3. The lowest BCUT2D eigenvalue weighted by Crippen LogP contribution is -1.87. The first-order valence-electron chi connectivity index (χ1n) is 7.01. The molecule has 0 aromatic heterocycles. The molecule has 1 aromatic carbocycles. The van der Waals surface area contributed by atoms with Crippen LogP contribution in [0.5, 0.6) is 0 Å². The molecule has 1 aromatic rings. The van der Waals surface area contributed by atoms with Crippen molar-refractivity contribution in [2.45, 2.75) is 39.5 Å². The predicted octanol–water partition coefficient (Wildman–Crippen LogP) is 5.59. The van der Waals surface area contributed by atoms with Crippen molar-refractivity contribution in [1.29, 1.82) is 0 Å². The van der Waals surface area contributed by atoms with E-state index in [4.69, 9.17) is 15.0 Å². The molecular weight excluding hydrogens is 271 g/mol. The molecule has 0 aliphatic carbocycles. The fraction of sp³-hybridized carbons (Fsp3) is 0.353. The van der Waals surface area contributed by atoms with E-state index in [-0.39, 0.29) is 5.82 Å². The van der Waals surface area contributed by atoms with Gasteiger partial charge in [-0.3, -0.25) is 0 Å². The lowest BCUT2D eigenvalue weighted by molar-refractivity contribution is 0.137. The number of halogens is 1. The van der Waals surface area contributed by atoms with Gasteiger partial charge < -0.3 is 10.2 Å². The third-order valence-corrected chi connectivity index (χ3v) is 2.73. The maximum Gasteiger partial charge on any atom is 0.503 e. The van der Waals surface area contributed by atoms with Crippen molar-refractivity contribution in [1.82, 2.24) is 0 Å². The van der Waals surface area contributed by atoms with Crippen LogP contribution in [0.2, 0.25) is 0 Å². The van der Waals surface area contributed by atoms with E-state index in [1.54, 1.807) is 12.1 Å². The number of carboxylic acid groups (broad SMARTS) is 2. The van der Waals surface area contributed by atoms with Gasteiger partial charge in [-0.05, 0) is 43.0 Å². The summed E-state index contributed by atoms with van der Waals surface area (Å²) in [6, 6.07) is 6.85. The summed E-state index contributed by atoms with van der Waals surface area (Å²) in [4.78, 5) is 8.56. The highest BCUT2D eigenvalue weighted by atomic mass is 19.1. The number of hydrogen-bond donors (Lipinski definition) is 2. The van der Waals surface area contributed by atoms with Crippen LogP contribution >= 0.6 is 0 Å². The molecule has 0 heterocycles. The highest BCUT2D eigenvalue weighted by Crippen LogP contribution is 2.22. The van der Waals surface area contributed by atoms with Crippen LogP contribution in [-0.2, 0) is 0 Å². The summed E-state index contributed by atoms with van der Waals surface area (Å²) in [6.45, 7) is 4.18. The Balaban J connectivity index is 0.000000885. The number of unbranched alkanes of at least 4 members (excludes halogenated alkanes) is 2. The molecule has 0 aliphatic heterocycles. The number of allylic oxidation sites excluding steroid dienone is 4. The van der Waals surface area contributed by atoms with Gasteiger partial charge in [0.1, 0.15) is 5.82 Å². The molecule has 0 aliphatic rings.